The predicted octanol–water partition coefficient (Wildman–Crippen LogP) is 1.68. The van der Waals surface area contributed by atoms with Crippen LogP contribution < -0.4 is 0 Å². The van der Waals surface area contributed by atoms with Gasteiger partial charge in [-0.1, -0.05) is 0 Å². The van der Waals surface area contributed by atoms with Crippen LogP contribution >= 0.6 is 0 Å². The summed E-state index contributed by atoms with van der Waals surface area (Å²) in [6.45, 7) is 0.205. The van der Waals surface area contributed by atoms with Gasteiger partial charge in [-0.25, -0.2) is 0 Å². The molecule has 0 bridgehead atoms. The summed E-state index contributed by atoms with van der Waals surface area (Å²) in [6, 6.07) is 0. The molecule has 2 unspecified atom stereocenters. The van der Waals surface area contributed by atoms with Crippen molar-refractivity contribution < 1.29 is 22.3 Å². The molecule has 1 heterocycles. The number of rotatable bonds is 1. The van der Waals surface area contributed by atoms with E-state index < -0.39 is 30.3 Å². The summed E-state index contributed by atoms with van der Waals surface area (Å²) >= 11 is 0. The monoisotopic (exact) mass is 170 g/mol. The Kier molecular flexibility index (Phi) is 1.14. The number of epoxide rings is 1. The van der Waals surface area contributed by atoms with E-state index in [4.69, 9.17) is 0 Å². The van der Waals surface area contributed by atoms with E-state index in [0.29, 0.717) is 0 Å². The minimum atomic E-state index is -3.84. The molecule has 2 aliphatic rings. The van der Waals surface area contributed by atoms with Crippen LogP contribution in [0.4, 0.5) is 17.6 Å². The SMILES string of the molecule is FC1(F)CC(C2CO2)C1(F)F. The first-order chi connectivity index (χ1) is 4.95. The fourth-order valence-electron chi connectivity index (χ4n) is 1.33. The van der Waals surface area contributed by atoms with Gasteiger partial charge in [-0.05, 0) is 0 Å². The lowest BCUT2D eigenvalue weighted by molar-refractivity contribution is -0.316. The Hall–Kier alpha value is -0.320. The molecular formula is C6H6F4O. The third-order valence-electron chi connectivity index (χ3n) is 2.24. The Labute approximate surface area is 60.3 Å². The second kappa shape index (κ2) is 1.71. The van der Waals surface area contributed by atoms with Crippen LogP contribution in [-0.4, -0.2) is 24.6 Å². The van der Waals surface area contributed by atoms with Crippen molar-refractivity contribution in [3.8, 4) is 0 Å². The summed E-state index contributed by atoms with van der Waals surface area (Å²) in [5.41, 5.74) is 0. The minimum absolute atomic E-state index is 0.205. The molecule has 2 fully saturated rings. The summed E-state index contributed by atoms with van der Waals surface area (Å²) in [6.07, 6.45) is -1.35. The van der Waals surface area contributed by atoms with Crippen LogP contribution in [0, 0.1) is 5.92 Å². The molecule has 2 atom stereocenters. The molecule has 0 amide bonds. The van der Waals surface area contributed by atoms with E-state index in [0.717, 1.165) is 0 Å². The zero-order valence-corrected chi connectivity index (χ0v) is 5.49. The van der Waals surface area contributed by atoms with Gasteiger partial charge in [0.2, 0.25) is 0 Å². The van der Waals surface area contributed by atoms with Crippen LogP contribution in [-0.2, 0) is 4.74 Å². The largest absolute Gasteiger partial charge is 0.373 e. The van der Waals surface area contributed by atoms with E-state index in [-0.39, 0.29) is 6.61 Å². The highest BCUT2D eigenvalue weighted by Gasteiger charge is 2.74. The standard InChI is InChI=1S/C6H6F4O/c7-5(8)1-3(4-2-11-4)6(5,9)10/h3-4H,1-2H2. The van der Waals surface area contributed by atoms with E-state index in [1.807, 2.05) is 0 Å². The van der Waals surface area contributed by atoms with Gasteiger partial charge in [0.25, 0.3) is 0 Å². The van der Waals surface area contributed by atoms with Gasteiger partial charge in [0.05, 0.1) is 18.6 Å². The second-order valence-corrected chi connectivity index (χ2v) is 3.01. The molecule has 0 spiro atoms. The van der Waals surface area contributed by atoms with E-state index in [1.165, 1.54) is 0 Å². The summed E-state index contributed by atoms with van der Waals surface area (Å²) in [5.74, 6) is -8.89. The van der Waals surface area contributed by atoms with Gasteiger partial charge in [0.1, 0.15) is 0 Å². The Morgan fingerprint density at radius 3 is 2.00 bits per heavy atom. The molecule has 0 aromatic rings. The van der Waals surface area contributed by atoms with Crippen LogP contribution in [0.1, 0.15) is 6.42 Å². The van der Waals surface area contributed by atoms with Crippen LogP contribution in [0.2, 0.25) is 0 Å². The molecule has 1 aliphatic carbocycles. The molecule has 1 nitrogen and oxygen atoms in total. The average Bonchev–Trinajstić information content (AvgIpc) is 2.64. The molecular weight excluding hydrogens is 164 g/mol. The molecule has 0 aromatic heterocycles. The van der Waals surface area contributed by atoms with Gasteiger partial charge in [-0.3, -0.25) is 0 Å². The van der Waals surface area contributed by atoms with Gasteiger partial charge in [-0.2, -0.15) is 17.6 Å². The summed E-state index contributed by atoms with van der Waals surface area (Å²) < 4.78 is 53.7. The van der Waals surface area contributed by atoms with Gasteiger partial charge < -0.3 is 4.74 Å². The Morgan fingerprint density at radius 2 is 1.73 bits per heavy atom. The van der Waals surface area contributed by atoms with E-state index in [9.17, 15) is 17.6 Å². The number of ether oxygens (including phenoxy) is 1. The Balaban J connectivity index is 2.09. The van der Waals surface area contributed by atoms with Crippen molar-refractivity contribution in [2.45, 2.75) is 24.4 Å². The first-order valence-corrected chi connectivity index (χ1v) is 3.32. The van der Waals surface area contributed by atoms with Gasteiger partial charge in [0.15, 0.2) is 0 Å². The quantitative estimate of drug-likeness (QED) is 0.430. The number of alkyl halides is 4. The maximum atomic E-state index is 12.4. The van der Waals surface area contributed by atoms with Crippen molar-refractivity contribution in [2.24, 2.45) is 5.92 Å². The van der Waals surface area contributed by atoms with Gasteiger partial charge in [-0.15, -0.1) is 0 Å². The zero-order chi connectivity index (χ0) is 8.28. The summed E-state index contributed by atoms with van der Waals surface area (Å²) in [5, 5.41) is 0. The van der Waals surface area contributed by atoms with E-state index in [2.05, 4.69) is 4.74 Å². The van der Waals surface area contributed by atoms with Crippen molar-refractivity contribution in [3.05, 3.63) is 0 Å². The molecule has 64 valence electrons. The molecule has 0 aromatic carbocycles. The highest BCUT2D eigenvalue weighted by Crippen LogP contribution is 2.58. The molecule has 1 saturated carbocycles. The smallest absolute Gasteiger partial charge is 0.315 e. The maximum absolute atomic E-state index is 12.4. The van der Waals surface area contributed by atoms with Gasteiger partial charge >= 0.3 is 11.8 Å². The Morgan fingerprint density at radius 1 is 1.18 bits per heavy atom. The van der Waals surface area contributed by atoms with Crippen molar-refractivity contribution in [1.29, 1.82) is 0 Å². The molecule has 0 radical (unpaired) electrons. The highest BCUT2D eigenvalue weighted by atomic mass is 19.3. The fourth-order valence-corrected chi connectivity index (χ4v) is 1.33. The average molecular weight is 170 g/mol. The zero-order valence-electron chi connectivity index (χ0n) is 5.49. The van der Waals surface area contributed by atoms with Crippen LogP contribution in [0.5, 0.6) is 0 Å². The summed E-state index contributed by atoms with van der Waals surface area (Å²) in [4.78, 5) is 0. The molecule has 2 rings (SSSR count). The first kappa shape index (κ1) is 7.34. The van der Waals surface area contributed by atoms with Gasteiger partial charge in [0, 0.05) is 6.42 Å². The normalized spacial score (nSPS) is 44.7. The van der Waals surface area contributed by atoms with Crippen molar-refractivity contribution in [3.63, 3.8) is 0 Å². The predicted molar refractivity (Wildman–Crippen MR) is 27.7 cm³/mol. The third-order valence-corrected chi connectivity index (χ3v) is 2.24. The maximum Gasteiger partial charge on any atom is 0.315 e. The van der Waals surface area contributed by atoms with Crippen LogP contribution in [0.3, 0.4) is 0 Å². The molecule has 5 heteroatoms. The lowest BCUT2D eigenvalue weighted by Crippen LogP contribution is -2.60. The van der Waals surface area contributed by atoms with Crippen LogP contribution in [0.25, 0.3) is 0 Å². The fraction of sp³-hybridized carbons (Fsp3) is 1.00. The number of halogens is 4. The van der Waals surface area contributed by atoms with Crippen molar-refractivity contribution >= 4 is 0 Å². The molecule has 1 aliphatic heterocycles. The molecule has 0 N–H and O–H groups in total. The van der Waals surface area contributed by atoms with E-state index >= 15 is 0 Å². The second-order valence-electron chi connectivity index (χ2n) is 3.01. The number of hydrogen-bond donors (Lipinski definition) is 0. The minimum Gasteiger partial charge on any atom is -0.373 e. The number of hydrogen-bond acceptors (Lipinski definition) is 1. The van der Waals surface area contributed by atoms with Crippen LogP contribution in [0.15, 0.2) is 0 Å². The third kappa shape index (κ3) is 0.802. The van der Waals surface area contributed by atoms with E-state index in [1.54, 1.807) is 0 Å². The summed E-state index contributed by atoms with van der Waals surface area (Å²) in [7, 11) is 0. The Bertz CT molecular complexity index is 187. The highest BCUT2D eigenvalue weighted by molar-refractivity contribution is 5.08. The topological polar surface area (TPSA) is 12.5 Å². The van der Waals surface area contributed by atoms with Crippen molar-refractivity contribution in [2.75, 3.05) is 6.61 Å². The van der Waals surface area contributed by atoms with Crippen molar-refractivity contribution in [1.82, 2.24) is 0 Å². The lowest BCUT2D eigenvalue weighted by atomic mass is 9.75. The molecule has 11 heavy (non-hydrogen) atoms. The first-order valence-electron chi connectivity index (χ1n) is 3.32. The lowest BCUT2D eigenvalue weighted by Gasteiger charge is -2.43. The molecule has 1 saturated heterocycles.